The summed E-state index contributed by atoms with van der Waals surface area (Å²) < 4.78 is 29.0. The van der Waals surface area contributed by atoms with Gasteiger partial charge in [0.2, 0.25) is 0 Å². The molecule has 0 aromatic heterocycles. The van der Waals surface area contributed by atoms with Crippen molar-refractivity contribution in [2.45, 2.75) is 31.1 Å². The zero-order valence-corrected chi connectivity index (χ0v) is 13.8. The highest BCUT2D eigenvalue weighted by Gasteiger charge is 2.14. The first kappa shape index (κ1) is 17.2. The summed E-state index contributed by atoms with van der Waals surface area (Å²) in [7, 11) is -3.67. The Balaban J connectivity index is 1.76. The summed E-state index contributed by atoms with van der Waals surface area (Å²) in [5, 5.41) is 8.74. The zero-order chi connectivity index (χ0) is 16.7. The van der Waals surface area contributed by atoms with Gasteiger partial charge in [-0.2, -0.15) is 13.7 Å². The van der Waals surface area contributed by atoms with Crippen LogP contribution in [-0.4, -0.2) is 15.0 Å². The van der Waals surface area contributed by atoms with Crippen molar-refractivity contribution in [3.63, 3.8) is 0 Å². The number of unbranched alkanes of at least 4 members (excludes halogenated alkanes) is 1. The van der Waals surface area contributed by atoms with Crippen LogP contribution in [0.5, 0.6) is 0 Å². The Kier molecular flexibility index (Phi) is 5.91. The van der Waals surface area contributed by atoms with Gasteiger partial charge in [-0.1, -0.05) is 29.8 Å². The molecule has 0 aliphatic rings. The van der Waals surface area contributed by atoms with Gasteiger partial charge in [0.05, 0.1) is 23.1 Å². The summed E-state index contributed by atoms with van der Waals surface area (Å²) in [5.74, 6) is 0. The number of rotatable bonds is 7. The molecule has 0 aliphatic carbocycles. The Morgan fingerprint density at radius 3 is 2.26 bits per heavy atom. The summed E-state index contributed by atoms with van der Waals surface area (Å²) in [6, 6.07) is 16.1. The molecule has 2 rings (SSSR count). The van der Waals surface area contributed by atoms with Crippen LogP contribution in [0.2, 0.25) is 0 Å². The lowest BCUT2D eigenvalue weighted by molar-refractivity contribution is 0.308. The third kappa shape index (κ3) is 5.20. The van der Waals surface area contributed by atoms with E-state index < -0.39 is 10.1 Å². The molecule has 2 aromatic carbocycles. The summed E-state index contributed by atoms with van der Waals surface area (Å²) in [6.07, 6.45) is 2.32. The Morgan fingerprint density at radius 1 is 1.00 bits per heavy atom. The van der Waals surface area contributed by atoms with Crippen LogP contribution in [0.4, 0.5) is 0 Å². The van der Waals surface area contributed by atoms with Crippen LogP contribution in [0.25, 0.3) is 0 Å². The van der Waals surface area contributed by atoms with Crippen molar-refractivity contribution in [1.29, 1.82) is 5.26 Å². The van der Waals surface area contributed by atoms with E-state index in [1.165, 1.54) is 0 Å². The molecule has 23 heavy (non-hydrogen) atoms. The van der Waals surface area contributed by atoms with Crippen molar-refractivity contribution in [3.8, 4) is 6.07 Å². The second kappa shape index (κ2) is 7.91. The van der Waals surface area contributed by atoms with E-state index in [2.05, 4.69) is 6.07 Å². The molecule has 0 unspecified atom stereocenters. The first-order chi connectivity index (χ1) is 11.0. The molecule has 0 atom stereocenters. The van der Waals surface area contributed by atoms with E-state index in [4.69, 9.17) is 9.44 Å². The summed E-state index contributed by atoms with van der Waals surface area (Å²) in [5.41, 5.74) is 2.78. The Morgan fingerprint density at radius 2 is 1.65 bits per heavy atom. The maximum atomic E-state index is 12.0. The molecule has 2 aromatic rings. The predicted octanol–water partition coefficient (Wildman–Crippen LogP) is 3.59. The SMILES string of the molecule is Cc1ccc(S(=O)(=O)OCCCCc2ccc(C#N)cc2)cc1. The van der Waals surface area contributed by atoms with Crippen LogP contribution >= 0.6 is 0 Å². The van der Waals surface area contributed by atoms with Gasteiger partial charge in [-0.05, 0) is 56.0 Å². The molecule has 0 radical (unpaired) electrons. The average molecular weight is 329 g/mol. The molecule has 0 fully saturated rings. The molecule has 0 amide bonds. The predicted molar refractivity (Wildman–Crippen MR) is 88.4 cm³/mol. The van der Waals surface area contributed by atoms with Gasteiger partial charge in [0.15, 0.2) is 0 Å². The average Bonchev–Trinajstić information content (AvgIpc) is 2.55. The highest BCUT2D eigenvalue weighted by Crippen LogP contribution is 2.14. The van der Waals surface area contributed by atoms with Crippen LogP contribution < -0.4 is 0 Å². The minimum atomic E-state index is -3.67. The van der Waals surface area contributed by atoms with Crippen molar-refractivity contribution in [1.82, 2.24) is 0 Å². The fourth-order valence-corrected chi connectivity index (χ4v) is 3.06. The Bertz CT molecular complexity index is 773. The van der Waals surface area contributed by atoms with E-state index in [0.29, 0.717) is 12.0 Å². The first-order valence-electron chi connectivity index (χ1n) is 7.46. The van der Waals surface area contributed by atoms with Gasteiger partial charge in [0, 0.05) is 0 Å². The van der Waals surface area contributed by atoms with Gasteiger partial charge < -0.3 is 0 Å². The largest absolute Gasteiger partial charge is 0.296 e. The monoisotopic (exact) mass is 329 g/mol. The van der Waals surface area contributed by atoms with Crippen LogP contribution in [0.15, 0.2) is 53.4 Å². The molecule has 5 heteroatoms. The molecular formula is C18H19NO3S. The minimum absolute atomic E-state index is 0.173. The number of aryl methyl sites for hydroxylation is 2. The summed E-state index contributed by atoms with van der Waals surface area (Å²) in [4.78, 5) is 0.190. The molecule has 4 nitrogen and oxygen atoms in total. The van der Waals surface area contributed by atoms with Crippen molar-refractivity contribution < 1.29 is 12.6 Å². The van der Waals surface area contributed by atoms with Gasteiger partial charge in [0.25, 0.3) is 10.1 Å². The minimum Gasteiger partial charge on any atom is -0.266 e. The third-order valence-electron chi connectivity index (χ3n) is 3.49. The van der Waals surface area contributed by atoms with Crippen LogP contribution in [0.3, 0.4) is 0 Å². The summed E-state index contributed by atoms with van der Waals surface area (Å²) >= 11 is 0. The smallest absolute Gasteiger partial charge is 0.266 e. The number of benzene rings is 2. The molecule has 0 aliphatic heterocycles. The lowest BCUT2D eigenvalue weighted by Gasteiger charge is -2.06. The van der Waals surface area contributed by atoms with Crippen molar-refractivity contribution >= 4 is 10.1 Å². The molecular weight excluding hydrogens is 310 g/mol. The van der Waals surface area contributed by atoms with E-state index >= 15 is 0 Å². The molecule has 0 spiro atoms. The number of nitrogens with zero attached hydrogens (tertiary/aromatic N) is 1. The molecule has 120 valence electrons. The van der Waals surface area contributed by atoms with Crippen LogP contribution in [0, 0.1) is 18.3 Å². The summed E-state index contributed by atoms with van der Waals surface area (Å²) in [6.45, 7) is 2.08. The standard InChI is InChI=1S/C18H19NO3S/c1-15-5-11-18(12-6-15)23(20,21)22-13-3-2-4-16-7-9-17(14-19)10-8-16/h5-12H,2-4,13H2,1H3. The second-order valence-electron chi connectivity index (χ2n) is 5.35. The van der Waals surface area contributed by atoms with Crippen molar-refractivity contribution in [2.75, 3.05) is 6.61 Å². The molecule has 0 N–H and O–H groups in total. The van der Waals surface area contributed by atoms with Crippen LogP contribution in [0.1, 0.15) is 29.5 Å². The Labute approximate surface area is 137 Å². The lowest BCUT2D eigenvalue weighted by atomic mass is 10.1. The number of nitriles is 1. The van der Waals surface area contributed by atoms with Gasteiger partial charge in [-0.15, -0.1) is 0 Å². The molecule has 0 saturated heterocycles. The topological polar surface area (TPSA) is 67.2 Å². The van der Waals surface area contributed by atoms with E-state index in [1.807, 2.05) is 19.1 Å². The van der Waals surface area contributed by atoms with Gasteiger partial charge >= 0.3 is 0 Å². The number of hydrogen-bond donors (Lipinski definition) is 0. The van der Waals surface area contributed by atoms with E-state index in [1.54, 1.807) is 36.4 Å². The fourth-order valence-electron chi connectivity index (χ4n) is 2.12. The maximum Gasteiger partial charge on any atom is 0.296 e. The van der Waals surface area contributed by atoms with Gasteiger partial charge in [-0.3, -0.25) is 4.18 Å². The zero-order valence-electron chi connectivity index (χ0n) is 13.0. The molecule has 0 heterocycles. The van der Waals surface area contributed by atoms with Gasteiger partial charge in [0.1, 0.15) is 0 Å². The van der Waals surface area contributed by atoms with E-state index in [0.717, 1.165) is 24.0 Å². The van der Waals surface area contributed by atoms with E-state index in [-0.39, 0.29) is 11.5 Å². The van der Waals surface area contributed by atoms with E-state index in [9.17, 15) is 8.42 Å². The maximum absolute atomic E-state index is 12.0. The lowest BCUT2D eigenvalue weighted by Crippen LogP contribution is -2.07. The van der Waals surface area contributed by atoms with Crippen LogP contribution in [-0.2, 0) is 20.7 Å². The Hall–Kier alpha value is -2.16. The second-order valence-corrected chi connectivity index (χ2v) is 6.97. The highest BCUT2D eigenvalue weighted by atomic mass is 32.2. The van der Waals surface area contributed by atoms with Crippen molar-refractivity contribution in [2.24, 2.45) is 0 Å². The number of hydrogen-bond acceptors (Lipinski definition) is 4. The molecule has 0 bridgehead atoms. The quantitative estimate of drug-likeness (QED) is 0.575. The van der Waals surface area contributed by atoms with Gasteiger partial charge in [-0.25, -0.2) is 0 Å². The third-order valence-corrected chi connectivity index (χ3v) is 4.82. The highest BCUT2D eigenvalue weighted by molar-refractivity contribution is 7.86. The van der Waals surface area contributed by atoms with Crippen molar-refractivity contribution in [3.05, 3.63) is 65.2 Å². The fraction of sp³-hybridized carbons (Fsp3) is 0.278. The molecule has 0 saturated carbocycles. The normalized spacial score (nSPS) is 11.1. The first-order valence-corrected chi connectivity index (χ1v) is 8.87.